The quantitative estimate of drug-likeness (QED) is 0.885. The Morgan fingerprint density at radius 3 is 2.63 bits per heavy atom. The average molecular weight is 302 g/mol. The van der Waals surface area contributed by atoms with Crippen LogP contribution >= 0.6 is 23.2 Å². The molecule has 0 saturated carbocycles. The minimum atomic E-state index is -0.465. The van der Waals surface area contributed by atoms with Crippen molar-refractivity contribution in [1.29, 1.82) is 0 Å². The molecule has 1 unspecified atom stereocenters. The van der Waals surface area contributed by atoms with Crippen LogP contribution in [0.5, 0.6) is 0 Å². The fourth-order valence-corrected chi connectivity index (χ4v) is 2.14. The number of hydrogen-bond acceptors (Lipinski definition) is 5. The molecule has 2 aromatic rings. The molecule has 2 rings (SSSR count). The highest BCUT2D eigenvalue weighted by Gasteiger charge is 2.16. The van der Waals surface area contributed by atoms with Crippen LogP contribution in [0.3, 0.4) is 0 Å². The first-order valence-corrected chi connectivity index (χ1v) is 6.49. The van der Waals surface area contributed by atoms with Crippen LogP contribution in [0.2, 0.25) is 10.0 Å². The Morgan fingerprint density at radius 2 is 2.00 bits per heavy atom. The Morgan fingerprint density at radius 1 is 1.32 bits per heavy atom. The summed E-state index contributed by atoms with van der Waals surface area (Å²) in [5.41, 5.74) is 6.51. The highest BCUT2D eigenvalue weighted by Crippen LogP contribution is 2.26. The summed E-state index contributed by atoms with van der Waals surface area (Å²) in [4.78, 5) is 4.18. The van der Waals surface area contributed by atoms with Gasteiger partial charge in [0.1, 0.15) is 0 Å². The minimum absolute atomic E-state index is 0.0325. The van der Waals surface area contributed by atoms with Crippen molar-refractivity contribution in [1.82, 2.24) is 10.1 Å². The third-order valence-electron chi connectivity index (χ3n) is 2.64. The Hall–Kier alpha value is -1.14. The van der Waals surface area contributed by atoms with Gasteiger partial charge in [-0.1, -0.05) is 34.4 Å². The van der Waals surface area contributed by atoms with Gasteiger partial charge in [0, 0.05) is 23.1 Å². The maximum absolute atomic E-state index is 8.81. The molecule has 0 aliphatic heterocycles. The van der Waals surface area contributed by atoms with Gasteiger partial charge in [0.15, 0.2) is 5.82 Å². The van der Waals surface area contributed by atoms with Gasteiger partial charge in [0.05, 0.1) is 6.04 Å². The standard InChI is InChI=1S/C12H13Cl2N3O2/c13-8-2-1-3-9(14)7(8)6-11-16-12(19-17-11)10(15)4-5-18/h1-3,10,18H,4-6,15H2. The largest absolute Gasteiger partial charge is 0.396 e. The summed E-state index contributed by atoms with van der Waals surface area (Å²) in [7, 11) is 0. The fraction of sp³-hybridized carbons (Fsp3) is 0.333. The van der Waals surface area contributed by atoms with E-state index in [0.717, 1.165) is 5.56 Å². The third-order valence-corrected chi connectivity index (χ3v) is 3.35. The fourth-order valence-electron chi connectivity index (χ4n) is 1.61. The molecule has 1 aromatic heterocycles. The molecule has 0 aliphatic carbocycles. The normalized spacial score (nSPS) is 12.6. The molecule has 1 aromatic carbocycles. The van der Waals surface area contributed by atoms with Crippen molar-refractivity contribution in [2.45, 2.75) is 18.9 Å². The summed E-state index contributed by atoms with van der Waals surface area (Å²) in [5, 5.41) is 13.7. The monoisotopic (exact) mass is 301 g/mol. The first-order chi connectivity index (χ1) is 9.11. The second-order valence-electron chi connectivity index (χ2n) is 4.04. The number of nitrogens with two attached hydrogens (primary N) is 1. The Labute approximate surface area is 120 Å². The van der Waals surface area contributed by atoms with Gasteiger partial charge in [-0.3, -0.25) is 0 Å². The Balaban J connectivity index is 2.16. The highest BCUT2D eigenvalue weighted by atomic mass is 35.5. The van der Waals surface area contributed by atoms with E-state index < -0.39 is 6.04 Å². The summed E-state index contributed by atoms with van der Waals surface area (Å²) in [6.07, 6.45) is 0.738. The van der Waals surface area contributed by atoms with Crippen LogP contribution < -0.4 is 5.73 Å². The molecule has 1 atom stereocenters. The van der Waals surface area contributed by atoms with Crippen LogP contribution in [-0.2, 0) is 6.42 Å². The molecule has 0 saturated heterocycles. The van der Waals surface area contributed by atoms with Gasteiger partial charge in [-0.25, -0.2) is 0 Å². The van der Waals surface area contributed by atoms with Crippen molar-refractivity contribution < 1.29 is 9.63 Å². The van der Waals surface area contributed by atoms with Gasteiger partial charge in [-0.15, -0.1) is 0 Å². The summed E-state index contributed by atoms with van der Waals surface area (Å²) in [6, 6.07) is 4.81. The van der Waals surface area contributed by atoms with Gasteiger partial charge in [0.2, 0.25) is 5.89 Å². The smallest absolute Gasteiger partial charge is 0.243 e. The molecule has 7 heteroatoms. The van der Waals surface area contributed by atoms with Gasteiger partial charge >= 0.3 is 0 Å². The lowest BCUT2D eigenvalue weighted by Gasteiger charge is -2.03. The Kier molecular flexibility index (Phi) is 4.76. The van der Waals surface area contributed by atoms with Crippen LogP contribution in [0.25, 0.3) is 0 Å². The molecule has 0 amide bonds. The van der Waals surface area contributed by atoms with Crippen LogP contribution in [0, 0.1) is 0 Å². The van der Waals surface area contributed by atoms with Crippen molar-refractivity contribution in [3.05, 3.63) is 45.5 Å². The molecule has 0 bridgehead atoms. The zero-order chi connectivity index (χ0) is 13.8. The number of aromatic nitrogens is 2. The van der Waals surface area contributed by atoms with E-state index in [9.17, 15) is 0 Å². The lowest BCUT2D eigenvalue weighted by Crippen LogP contribution is -2.12. The van der Waals surface area contributed by atoms with Crippen molar-refractivity contribution in [2.24, 2.45) is 5.73 Å². The van der Waals surface area contributed by atoms with E-state index in [2.05, 4.69) is 10.1 Å². The molecule has 0 fully saturated rings. The summed E-state index contributed by atoms with van der Waals surface area (Å²) in [6.45, 7) is -0.0325. The first-order valence-electron chi connectivity index (χ1n) is 5.73. The van der Waals surface area contributed by atoms with Crippen molar-refractivity contribution >= 4 is 23.2 Å². The third kappa shape index (κ3) is 3.45. The highest BCUT2D eigenvalue weighted by molar-refractivity contribution is 6.36. The number of aliphatic hydroxyl groups is 1. The minimum Gasteiger partial charge on any atom is -0.396 e. The predicted octanol–water partition coefficient (Wildman–Crippen LogP) is 2.35. The molecule has 1 heterocycles. The van der Waals surface area contributed by atoms with Gasteiger partial charge < -0.3 is 15.4 Å². The molecular formula is C12H13Cl2N3O2. The van der Waals surface area contributed by atoms with E-state index >= 15 is 0 Å². The molecule has 5 nitrogen and oxygen atoms in total. The number of nitrogens with zero attached hydrogens (tertiary/aromatic N) is 2. The Bertz CT molecular complexity index is 539. The van der Waals surface area contributed by atoms with E-state index in [1.54, 1.807) is 18.2 Å². The number of hydrogen-bond donors (Lipinski definition) is 2. The van der Waals surface area contributed by atoms with Crippen molar-refractivity contribution in [3.63, 3.8) is 0 Å². The predicted molar refractivity (Wildman–Crippen MR) is 72.2 cm³/mol. The van der Waals surface area contributed by atoms with E-state index in [4.69, 9.17) is 38.6 Å². The van der Waals surface area contributed by atoms with Crippen LogP contribution in [0.1, 0.15) is 29.7 Å². The molecule has 0 radical (unpaired) electrons. The molecular weight excluding hydrogens is 289 g/mol. The van der Waals surface area contributed by atoms with Crippen LogP contribution in [0.4, 0.5) is 0 Å². The zero-order valence-corrected chi connectivity index (χ0v) is 11.5. The van der Waals surface area contributed by atoms with E-state index in [0.29, 0.717) is 34.6 Å². The van der Waals surface area contributed by atoms with Crippen molar-refractivity contribution in [3.8, 4) is 0 Å². The maximum atomic E-state index is 8.81. The van der Waals surface area contributed by atoms with Gasteiger partial charge in [-0.05, 0) is 24.1 Å². The second-order valence-corrected chi connectivity index (χ2v) is 4.86. The number of benzene rings is 1. The molecule has 102 valence electrons. The van der Waals surface area contributed by atoms with E-state index in [1.807, 2.05) is 0 Å². The van der Waals surface area contributed by atoms with E-state index in [-0.39, 0.29) is 6.61 Å². The molecule has 0 aliphatic rings. The lowest BCUT2D eigenvalue weighted by molar-refractivity contribution is 0.259. The second kappa shape index (κ2) is 6.34. The molecule has 19 heavy (non-hydrogen) atoms. The first kappa shape index (κ1) is 14.3. The van der Waals surface area contributed by atoms with Crippen molar-refractivity contribution in [2.75, 3.05) is 6.61 Å². The topological polar surface area (TPSA) is 85.2 Å². The molecule has 3 N–H and O–H groups in total. The maximum Gasteiger partial charge on any atom is 0.243 e. The average Bonchev–Trinajstić information content (AvgIpc) is 2.83. The molecule has 0 spiro atoms. The van der Waals surface area contributed by atoms with Gasteiger partial charge in [-0.2, -0.15) is 4.98 Å². The lowest BCUT2D eigenvalue weighted by atomic mass is 10.1. The van der Waals surface area contributed by atoms with Crippen LogP contribution in [-0.4, -0.2) is 21.9 Å². The summed E-state index contributed by atoms with van der Waals surface area (Å²) < 4.78 is 5.05. The zero-order valence-electron chi connectivity index (χ0n) is 10.0. The number of aliphatic hydroxyl groups excluding tert-OH is 1. The summed E-state index contributed by atoms with van der Waals surface area (Å²) >= 11 is 12.1. The number of halogens is 2. The number of rotatable bonds is 5. The SMILES string of the molecule is NC(CCO)c1nc(Cc2c(Cl)cccc2Cl)no1. The summed E-state index contributed by atoms with van der Waals surface area (Å²) in [5.74, 6) is 0.755. The van der Waals surface area contributed by atoms with Crippen LogP contribution in [0.15, 0.2) is 22.7 Å². The van der Waals surface area contributed by atoms with Gasteiger partial charge in [0.25, 0.3) is 0 Å². The van der Waals surface area contributed by atoms with E-state index in [1.165, 1.54) is 0 Å².